The molecule has 1 fully saturated rings. The van der Waals surface area contributed by atoms with Gasteiger partial charge in [0.05, 0.1) is 18.4 Å². The zero-order valence-corrected chi connectivity index (χ0v) is 9.57. The molecule has 0 spiro atoms. The second-order valence-electron chi connectivity index (χ2n) is 4.04. The van der Waals surface area contributed by atoms with Crippen molar-refractivity contribution >= 4 is 11.9 Å². The number of aliphatic carboxylic acids is 1. The molecule has 5 heteroatoms. The van der Waals surface area contributed by atoms with Crippen LogP contribution in [-0.2, 0) is 14.3 Å². The van der Waals surface area contributed by atoms with E-state index in [1.165, 1.54) is 0 Å². The first kappa shape index (κ1) is 13.0. The highest BCUT2D eigenvalue weighted by atomic mass is 16.5. The largest absolute Gasteiger partial charge is 0.481 e. The first-order valence-electron chi connectivity index (χ1n) is 5.75. The molecule has 0 radical (unpaired) electrons. The van der Waals surface area contributed by atoms with E-state index in [1.54, 1.807) is 0 Å². The molecular formula is C11H19NO4. The van der Waals surface area contributed by atoms with Gasteiger partial charge in [0.25, 0.3) is 0 Å². The summed E-state index contributed by atoms with van der Waals surface area (Å²) in [5, 5.41) is 11.3. The fourth-order valence-corrected chi connectivity index (χ4v) is 1.48. The van der Waals surface area contributed by atoms with Gasteiger partial charge in [-0.3, -0.25) is 9.59 Å². The van der Waals surface area contributed by atoms with E-state index in [2.05, 4.69) is 12.2 Å². The molecule has 0 bridgehead atoms. The van der Waals surface area contributed by atoms with Crippen molar-refractivity contribution in [1.82, 2.24) is 5.32 Å². The van der Waals surface area contributed by atoms with Gasteiger partial charge in [0, 0.05) is 13.2 Å². The average Bonchev–Trinajstić information content (AvgIpc) is 3.02. The zero-order valence-electron chi connectivity index (χ0n) is 9.57. The van der Waals surface area contributed by atoms with Crippen LogP contribution in [0.15, 0.2) is 0 Å². The van der Waals surface area contributed by atoms with Gasteiger partial charge in [0.15, 0.2) is 0 Å². The van der Waals surface area contributed by atoms with Crippen LogP contribution in [0.3, 0.4) is 0 Å². The van der Waals surface area contributed by atoms with Crippen molar-refractivity contribution in [1.29, 1.82) is 0 Å². The second-order valence-corrected chi connectivity index (χ2v) is 4.04. The average molecular weight is 229 g/mol. The number of ether oxygens (including phenoxy) is 1. The molecule has 0 aromatic rings. The van der Waals surface area contributed by atoms with Crippen LogP contribution in [0, 0.1) is 11.8 Å². The highest BCUT2D eigenvalue weighted by molar-refractivity contribution is 5.89. The van der Waals surface area contributed by atoms with Crippen molar-refractivity contribution in [2.45, 2.75) is 26.2 Å². The lowest BCUT2D eigenvalue weighted by molar-refractivity contribution is -0.140. The molecule has 1 saturated carbocycles. The van der Waals surface area contributed by atoms with Crippen molar-refractivity contribution in [2.75, 3.05) is 19.8 Å². The van der Waals surface area contributed by atoms with Gasteiger partial charge in [-0.2, -0.15) is 0 Å². The number of hydrogen-bond donors (Lipinski definition) is 2. The Balaban J connectivity index is 1.98. The van der Waals surface area contributed by atoms with Crippen molar-refractivity contribution in [3.05, 3.63) is 0 Å². The summed E-state index contributed by atoms with van der Waals surface area (Å²) in [6, 6.07) is 0. The van der Waals surface area contributed by atoms with Crippen LogP contribution in [0.2, 0.25) is 0 Å². The first-order valence-corrected chi connectivity index (χ1v) is 5.75. The van der Waals surface area contributed by atoms with Crippen LogP contribution in [0.25, 0.3) is 0 Å². The minimum absolute atomic E-state index is 0.161. The van der Waals surface area contributed by atoms with E-state index >= 15 is 0 Å². The predicted molar refractivity (Wildman–Crippen MR) is 58.0 cm³/mol. The molecule has 2 N–H and O–H groups in total. The van der Waals surface area contributed by atoms with E-state index in [0.29, 0.717) is 26.2 Å². The number of nitrogens with one attached hydrogen (secondary N) is 1. The molecular weight excluding hydrogens is 210 g/mol. The third-order valence-corrected chi connectivity index (χ3v) is 2.63. The highest BCUT2D eigenvalue weighted by Gasteiger charge is 2.48. The minimum Gasteiger partial charge on any atom is -0.481 e. The standard InChI is InChI=1S/C11H19NO4/c1-2-3-5-16-6-4-12-10(13)8-7-9(8)11(14)15/h8-9H,2-7H2,1H3,(H,12,13)(H,14,15)/t8-,9+/m1/s1. The van der Waals surface area contributed by atoms with Crippen molar-refractivity contribution in [2.24, 2.45) is 11.8 Å². The molecule has 1 amide bonds. The molecule has 0 aromatic carbocycles. The zero-order chi connectivity index (χ0) is 12.0. The van der Waals surface area contributed by atoms with Crippen molar-refractivity contribution in [3.63, 3.8) is 0 Å². The van der Waals surface area contributed by atoms with Crippen LogP contribution in [-0.4, -0.2) is 36.7 Å². The Bertz CT molecular complexity index is 254. The maximum absolute atomic E-state index is 11.4. The maximum Gasteiger partial charge on any atom is 0.307 e. The predicted octanol–water partition coefficient (Wildman–Crippen LogP) is 0.640. The Morgan fingerprint density at radius 3 is 2.69 bits per heavy atom. The Morgan fingerprint density at radius 2 is 2.12 bits per heavy atom. The number of unbranched alkanes of at least 4 members (excludes halogenated alkanes) is 1. The van der Waals surface area contributed by atoms with E-state index in [1.807, 2.05) is 0 Å². The molecule has 0 heterocycles. The summed E-state index contributed by atoms with van der Waals surface area (Å²) in [6.45, 7) is 3.76. The lowest BCUT2D eigenvalue weighted by atomic mass is 10.3. The monoisotopic (exact) mass is 229 g/mol. The number of carbonyl (C=O) groups excluding carboxylic acids is 1. The summed E-state index contributed by atoms with van der Waals surface area (Å²) < 4.78 is 5.27. The van der Waals surface area contributed by atoms with E-state index in [-0.39, 0.29) is 11.8 Å². The molecule has 0 saturated heterocycles. The normalized spacial score (nSPS) is 22.8. The van der Waals surface area contributed by atoms with Crippen molar-refractivity contribution < 1.29 is 19.4 Å². The summed E-state index contributed by atoms with van der Waals surface area (Å²) in [7, 11) is 0. The van der Waals surface area contributed by atoms with Gasteiger partial charge in [0.2, 0.25) is 5.91 Å². The molecule has 1 aliphatic rings. The second kappa shape index (κ2) is 6.48. The van der Waals surface area contributed by atoms with Crippen LogP contribution in [0.4, 0.5) is 0 Å². The maximum atomic E-state index is 11.4. The van der Waals surface area contributed by atoms with Gasteiger partial charge < -0.3 is 15.2 Å². The van der Waals surface area contributed by atoms with Gasteiger partial charge >= 0.3 is 5.97 Å². The number of carbonyl (C=O) groups is 2. The van der Waals surface area contributed by atoms with Crippen LogP contribution in [0.1, 0.15) is 26.2 Å². The summed E-state index contributed by atoms with van der Waals surface area (Å²) in [6.07, 6.45) is 2.59. The Morgan fingerprint density at radius 1 is 1.38 bits per heavy atom. The van der Waals surface area contributed by atoms with Crippen LogP contribution in [0.5, 0.6) is 0 Å². The summed E-state index contributed by atoms with van der Waals surface area (Å²) in [5.41, 5.74) is 0. The van der Waals surface area contributed by atoms with Crippen LogP contribution < -0.4 is 5.32 Å². The van der Waals surface area contributed by atoms with Gasteiger partial charge in [-0.25, -0.2) is 0 Å². The number of rotatable bonds is 8. The van der Waals surface area contributed by atoms with E-state index < -0.39 is 11.9 Å². The molecule has 0 unspecified atom stereocenters. The lowest BCUT2D eigenvalue weighted by Gasteiger charge is -2.05. The molecule has 2 atom stereocenters. The number of carboxylic acid groups (broad SMARTS) is 1. The fourth-order valence-electron chi connectivity index (χ4n) is 1.48. The highest BCUT2D eigenvalue weighted by Crippen LogP contribution is 2.38. The molecule has 16 heavy (non-hydrogen) atoms. The first-order chi connectivity index (χ1) is 7.66. The summed E-state index contributed by atoms with van der Waals surface area (Å²) in [4.78, 5) is 21.9. The number of carboxylic acids is 1. The Kier molecular flexibility index (Phi) is 5.25. The third kappa shape index (κ3) is 4.18. The summed E-state index contributed by atoms with van der Waals surface area (Å²) in [5.74, 6) is -1.83. The van der Waals surface area contributed by atoms with Gasteiger partial charge in [-0.1, -0.05) is 13.3 Å². The number of amides is 1. The SMILES string of the molecule is CCCCOCCNC(=O)[C@@H]1C[C@@H]1C(=O)O. The topological polar surface area (TPSA) is 75.6 Å². The quantitative estimate of drug-likeness (QED) is 0.599. The smallest absolute Gasteiger partial charge is 0.307 e. The molecule has 92 valence electrons. The lowest BCUT2D eigenvalue weighted by Crippen LogP contribution is -2.29. The fraction of sp³-hybridized carbons (Fsp3) is 0.818. The minimum atomic E-state index is -0.876. The molecule has 5 nitrogen and oxygen atoms in total. The molecule has 1 aliphatic carbocycles. The number of hydrogen-bond acceptors (Lipinski definition) is 3. The van der Waals surface area contributed by atoms with E-state index in [9.17, 15) is 9.59 Å². The van der Waals surface area contributed by atoms with Gasteiger partial charge in [-0.15, -0.1) is 0 Å². The molecule has 0 aromatic heterocycles. The molecule has 1 rings (SSSR count). The van der Waals surface area contributed by atoms with E-state index in [4.69, 9.17) is 9.84 Å². The summed E-state index contributed by atoms with van der Waals surface area (Å²) >= 11 is 0. The Labute approximate surface area is 95.2 Å². The van der Waals surface area contributed by atoms with Gasteiger partial charge in [0.1, 0.15) is 0 Å². The van der Waals surface area contributed by atoms with Gasteiger partial charge in [-0.05, 0) is 12.8 Å². The Hall–Kier alpha value is -1.10. The van der Waals surface area contributed by atoms with Crippen molar-refractivity contribution in [3.8, 4) is 0 Å². The van der Waals surface area contributed by atoms with Crippen LogP contribution >= 0.6 is 0 Å². The van der Waals surface area contributed by atoms with E-state index in [0.717, 1.165) is 12.8 Å². The third-order valence-electron chi connectivity index (χ3n) is 2.63. The molecule has 0 aliphatic heterocycles.